The lowest BCUT2D eigenvalue weighted by atomic mass is 9.97. The Morgan fingerprint density at radius 3 is 2.50 bits per heavy atom. The number of hydrogen-bond acceptors (Lipinski definition) is 1. The minimum Gasteiger partial charge on any atom is -0.294 e. The molecule has 2 rings (SSSR count). The zero-order valence-corrected chi connectivity index (χ0v) is 10.3. The molecule has 0 bridgehead atoms. The van der Waals surface area contributed by atoms with E-state index < -0.39 is 11.6 Å². The summed E-state index contributed by atoms with van der Waals surface area (Å²) in [6, 6.07) is 8.15. The molecule has 0 spiro atoms. The summed E-state index contributed by atoms with van der Waals surface area (Å²) < 4.78 is 27.0. The second-order valence-corrected chi connectivity index (χ2v) is 4.25. The highest BCUT2D eigenvalue weighted by molar-refractivity contribution is 6.31. The van der Waals surface area contributed by atoms with Crippen molar-refractivity contribution in [1.82, 2.24) is 0 Å². The predicted octanol–water partition coefficient (Wildman–Crippen LogP) is 4.49. The van der Waals surface area contributed by atoms with Gasteiger partial charge in [-0.25, -0.2) is 8.78 Å². The Bertz CT molecular complexity index is 623. The number of ketones is 1. The van der Waals surface area contributed by atoms with Crippen LogP contribution in [0.4, 0.5) is 8.78 Å². The number of rotatable bonds is 2. The van der Waals surface area contributed by atoms with Crippen LogP contribution in [0.1, 0.15) is 17.3 Å². The molecule has 0 aliphatic carbocycles. The van der Waals surface area contributed by atoms with Crippen LogP contribution < -0.4 is 0 Å². The largest absolute Gasteiger partial charge is 0.294 e. The van der Waals surface area contributed by atoms with Gasteiger partial charge in [0.2, 0.25) is 0 Å². The third kappa shape index (κ3) is 2.27. The molecule has 0 amide bonds. The van der Waals surface area contributed by atoms with Crippen LogP contribution in [0, 0.1) is 11.6 Å². The van der Waals surface area contributed by atoms with E-state index in [4.69, 9.17) is 11.6 Å². The van der Waals surface area contributed by atoms with Crippen molar-refractivity contribution >= 4 is 17.4 Å². The third-order valence-corrected chi connectivity index (χ3v) is 2.89. The van der Waals surface area contributed by atoms with Gasteiger partial charge in [0, 0.05) is 11.1 Å². The Morgan fingerprint density at radius 2 is 1.83 bits per heavy atom. The lowest BCUT2D eigenvalue weighted by Gasteiger charge is -2.09. The molecule has 0 saturated heterocycles. The molecule has 0 fully saturated rings. The summed E-state index contributed by atoms with van der Waals surface area (Å²) in [7, 11) is 0. The Labute approximate surface area is 108 Å². The monoisotopic (exact) mass is 266 g/mol. The first kappa shape index (κ1) is 12.7. The molecule has 0 aliphatic heterocycles. The molecule has 0 aliphatic rings. The second-order valence-electron chi connectivity index (χ2n) is 3.85. The van der Waals surface area contributed by atoms with Crippen molar-refractivity contribution in [1.29, 1.82) is 0 Å². The SMILES string of the molecule is CC(=O)c1cc(F)ccc1-c1cccc(Cl)c1F. The molecule has 92 valence electrons. The lowest BCUT2D eigenvalue weighted by Crippen LogP contribution is -1.98. The fourth-order valence-electron chi connectivity index (χ4n) is 1.75. The van der Waals surface area contributed by atoms with E-state index in [2.05, 4.69) is 0 Å². The summed E-state index contributed by atoms with van der Waals surface area (Å²) in [5, 5.41) is -0.0358. The number of carbonyl (C=O) groups is 1. The summed E-state index contributed by atoms with van der Waals surface area (Å²) in [5.74, 6) is -1.48. The van der Waals surface area contributed by atoms with Crippen LogP contribution in [0.25, 0.3) is 11.1 Å². The van der Waals surface area contributed by atoms with Crippen LogP contribution in [0.15, 0.2) is 36.4 Å². The van der Waals surface area contributed by atoms with Gasteiger partial charge in [0.15, 0.2) is 5.78 Å². The molecule has 4 heteroatoms. The molecule has 0 atom stereocenters. The first-order chi connectivity index (χ1) is 8.50. The van der Waals surface area contributed by atoms with E-state index in [-0.39, 0.29) is 21.9 Å². The van der Waals surface area contributed by atoms with Crippen LogP contribution in [-0.2, 0) is 0 Å². The molecule has 0 saturated carbocycles. The second kappa shape index (κ2) is 4.86. The zero-order chi connectivity index (χ0) is 13.3. The van der Waals surface area contributed by atoms with E-state index in [1.807, 2.05) is 0 Å². The Balaban J connectivity index is 2.71. The fraction of sp³-hybridized carbons (Fsp3) is 0.0714. The van der Waals surface area contributed by atoms with E-state index >= 15 is 0 Å². The molecule has 0 N–H and O–H groups in total. The Kier molecular flexibility index (Phi) is 3.43. The fourth-order valence-corrected chi connectivity index (χ4v) is 1.93. The third-order valence-electron chi connectivity index (χ3n) is 2.60. The summed E-state index contributed by atoms with van der Waals surface area (Å²) in [6.07, 6.45) is 0. The minimum atomic E-state index is -0.617. The van der Waals surface area contributed by atoms with Crippen LogP contribution in [0.5, 0.6) is 0 Å². The van der Waals surface area contributed by atoms with Crippen molar-refractivity contribution in [2.75, 3.05) is 0 Å². The number of benzene rings is 2. The summed E-state index contributed by atoms with van der Waals surface area (Å²) in [4.78, 5) is 11.5. The predicted molar refractivity (Wildman–Crippen MR) is 66.8 cm³/mol. The van der Waals surface area contributed by atoms with E-state index in [1.165, 1.54) is 31.2 Å². The van der Waals surface area contributed by atoms with Gasteiger partial charge in [0.25, 0.3) is 0 Å². The van der Waals surface area contributed by atoms with Crippen LogP contribution in [0.2, 0.25) is 5.02 Å². The summed E-state index contributed by atoms with van der Waals surface area (Å²) >= 11 is 5.69. The smallest absolute Gasteiger partial charge is 0.160 e. The van der Waals surface area contributed by atoms with E-state index in [0.29, 0.717) is 5.56 Å². The molecular weight excluding hydrogens is 258 g/mol. The highest BCUT2D eigenvalue weighted by atomic mass is 35.5. The van der Waals surface area contributed by atoms with Crippen molar-refractivity contribution in [3.63, 3.8) is 0 Å². The van der Waals surface area contributed by atoms with Crippen molar-refractivity contribution in [3.05, 3.63) is 58.6 Å². The average molecular weight is 267 g/mol. The summed E-state index contributed by atoms with van der Waals surface area (Å²) in [6.45, 7) is 1.31. The molecule has 0 heterocycles. The molecule has 2 aromatic carbocycles. The molecule has 18 heavy (non-hydrogen) atoms. The van der Waals surface area contributed by atoms with Crippen LogP contribution in [-0.4, -0.2) is 5.78 Å². The van der Waals surface area contributed by atoms with Gasteiger partial charge in [-0.2, -0.15) is 0 Å². The van der Waals surface area contributed by atoms with Gasteiger partial charge in [-0.05, 0) is 30.7 Å². The normalized spacial score (nSPS) is 10.4. The highest BCUT2D eigenvalue weighted by Gasteiger charge is 2.15. The van der Waals surface area contributed by atoms with E-state index in [1.54, 1.807) is 6.07 Å². The molecule has 1 nitrogen and oxygen atoms in total. The van der Waals surface area contributed by atoms with Gasteiger partial charge in [0.1, 0.15) is 11.6 Å². The van der Waals surface area contributed by atoms with Crippen molar-refractivity contribution in [3.8, 4) is 11.1 Å². The minimum absolute atomic E-state index is 0.0358. The van der Waals surface area contributed by atoms with Gasteiger partial charge in [-0.3, -0.25) is 4.79 Å². The maximum absolute atomic E-state index is 13.9. The molecule has 0 unspecified atom stereocenters. The van der Waals surface area contributed by atoms with Gasteiger partial charge < -0.3 is 0 Å². The molecule has 2 aromatic rings. The van der Waals surface area contributed by atoms with Crippen LogP contribution in [0.3, 0.4) is 0 Å². The van der Waals surface area contributed by atoms with Crippen molar-refractivity contribution in [2.24, 2.45) is 0 Å². The lowest BCUT2D eigenvalue weighted by molar-refractivity contribution is 0.101. The van der Waals surface area contributed by atoms with E-state index in [9.17, 15) is 13.6 Å². The van der Waals surface area contributed by atoms with Crippen molar-refractivity contribution in [2.45, 2.75) is 6.92 Å². The standard InChI is InChI=1S/C14H9ClF2O/c1-8(18)12-7-9(16)5-6-10(12)11-3-2-4-13(15)14(11)17/h2-7H,1H3. The maximum atomic E-state index is 13.9. The zero-order valence-electron chi connectivity index (χ0n) is 9.51. The van der Waals surface area contributed by atoms with Gasteiger partial charge in [0.05, 0.1) is 5.02 Å². The maximum Gasteiger partial charge on any atom is 0.160 e. The first-order valence-corrected chi connectivity index (χ1v) is 5.63. The molecule has 0 aromatic heterocycles. The quantitative estimate of drug-likeness (QED) is 0.732. The van der Waals surface area contributed by atoms with Crippen LogP contribution >= 0.6 is 11.6 Å². The van der Waals surface area contributed by atoms with Gasteiger partial charge >= 0.3 is 0 Å². The van der Waals surface area contributed by atoms with E-state index in [0.717, 1.165) is 6.07 Å². The Morgan fingerprint density at radius 1 is 1.11 bits per heavy atom. The topological polar surface area (TPSA) is 17.1 Å². The van der Waals surface area contributed by atoms with Gasteiger partial charge in [-0.1, -0.05) is 29.8 Å². The number of carbonyl (C=O) groups excluding carboxylic acids is 1. The molecule has 0 radical (unpaired) electrons. The average Bonchev–Trinajstić information content (AvgIpc) is 2.33. The summed E-state index contributed by atoms with van der Waals surface area (Å²) in [5.41, 5.74) is 0.660. The molecular formula is C14H9ClF2O. The van der Waals surface area contributed by atoms with Gasteiger partial charge in [-0.15, -0.1) is 0 Å². The Hall–Kier alpha value is -1.74. The number of Topliss-reactive ketones (excluding diaryl/α,β-unsaturated/α-hetero) is 1. The first-order valence-electron chi connectivity index (χ1n) is 5.25. The highest BCUT2D eigenvalue weighted by Crippen LogP contribution is 2.30. The number of halogens is 3. The number of hydrogen-bond donors (Lipinski definition) is 0. The van der Waals surface area contributed by atoms with Crippen molar-refractivity contribution < 1.29 is 13.6 Å².